The van der Waals surface area contributed by atoms with Crippen molar-refractivity contribution in [2.45, 2.75) is 39.2 Å². The number of hydrogen-bond donors (Lipinski definition) is 1. The van der Waals surface area contributed by atoms with Gasteiger partial charge in [0, 0.05) is 26.1 Å². The molecule has 0 aliphatic carbocycles. The summed E-state index contributed by atoms with van der Waals surface area (Å²) in [5.41, 5.74) is -0.902. The number of likely N-dealkylation sites (N-methyl/N-ethyl adjacent to an activating group) is 1. The summed E-state index contributed by atoms with van der Waals surface area (Å²) >= 11 is 0. The summed E-state index contributed by atoms with van der Waals surface area (Å²) in [6, 6.07) is 0. The summed E-state index contributed by atoms with van der Waals surface area (Å²) in [5.74, 6) is -0.0393. The molecule has 2 amide bonds. The molecule has 0 unspecified atom stereocenters. The van der Waals surface area contributed by atoms with Crippen LogP contribution in [0.3, 0.4) is 0 Å². The lowest BCUT2D eigenvalue weighted by molar-refractivity contribution is -0.140. The Labute approximate surface area is 102 Å². The largest absolute Gasteiger partial charge is 0.389 e. The number of likely N-dealkylation sites (tertiary alicyclic amines) is 1. The molecule has 0 atom stereocenters. The van der Waals surface area contributed by atoms with Crippen molar-refractivity contribution in [1.29, 1.82) is 0 Å². The van der Waals surface area contributed by atoms with E-state index in [0.29, 0.717) is 26.1 Å². The zero-order chi connectivity index (χ0) is 13.1. The highest BCUT2D eigenvalue weighted by atomic mass is 16.3. The molecule has 1 aliphatic rings. The second-order valence-corrected chi connectivity index (χ2v) is 5.14. The fraction of sp³-hybridized carbons (Fsp3) is 0.833. The van der Waals surface area contributed by atoms with Gasteiger partial charge in [-0.05, 0) is 27.2 Å². The van der Waals surface area contributed by atoms with Gasteiger partial charge in [0.1, 0.15) is 0 Å². The van der Waals surface area contributed by atoms with Gasteiger partial charge in [0.05, 0.1) is 12.1 Å². The molecule has 17 heavy (non-hydrogen) atoms. The van der Waals surface area contributed by atoms with Crippen molar-refractivity contribution >= 4 is 11.8 Å². The standard InChI is InChI=1S/C12H22N2O3/c1-4-13(9-12(2,3)17)11(16)8-14-7-5-6-10(14)15/h17H,4-9H2,1-3H3. The zero-order valence-corrected chi connectivity index (χ0v) is 10.9. The van der Waals surface area contributed by atoms with E-state index in [1.165, 1.54) is 0 Å². The van der Waals surface area contributed by atoms with Crippen LogP contribution in [0.25, 0.3) is 0 Å². The van der Waals surface area contributed by atoms with Crippen molar-refractivity contribution in [2.24, 2.45) is 0 Å². The maximum absolute atomic E-state index is 12.0. The summed E-state index contributed by atoms with van der Waals surface area (Å²) in [5, 5.41) is 9.71. The van der Waals surface area contributed by atoms with E-state index in [1.54, 1.807) is 23.6 Å². The van der Waals surface area contributed by atoms with E-state index < -0.39 is 5.60 Å². The first-order chi connectivity index (χ1) is 7.83. The van der Waals surface area contributed by atoms with Crippen LogP contribution in [0.5, 0.6) is 0 Å². The van der Waals surface area contributed by atoms with E-state index in [1.807, 2.05) is 6.92 Å². The summed E-state index contributed by atoms with van der Waals surface area (Å²) in [6.45, 7) is 6.87. The van der Waals surface area contributed by atoms with Gasteiger partial charge in [-0.1, -0.05) is 0 Å². The molecule has 0 saturated carbocycles. The Morgan fingerprint density at radius 3 is 2.59 bits per heavy atom. The average molecular weight is 242 g/mol. The highest BCUT2D eigenvalue weighted by Crippen LogP contribution is 2.11. The third-order valence-electron chi connectivity index (χ3n) is 2.81. The Morgan fingerprint density at radius 1 is 1.53 bits per heavy atom. The topological polar surface area (TPSA) is 60.9 Å². The van der Waals surface area contributed by atoms with Crippen LogP contribution in [0.15, 0.2) is 0 Å². The molecule has 1 aliphatic heterocycles. The second kappa shape index (κ2) is 5.49. The third-order valence-corrected chi connectivity index (χ3v) is 2.81. The fourth-order valence-electron chi connectivity index (χ4n) is 1.98. The quantitative estimate of drug-likeness (QED) is 0.750. The Kier molecular flexibility index (Phi) is 4.51. The lowest BCUT2D eigenvalue weighted by atomic mass is 10.1. The van der Waals surface area contributed by atoms with Gasteiger partial charge in [-0.25, -0.2) is 0 Å². The van der Waals surface area contributed by atoms with Gasteiger partial charge in [-0.2, -0.15) is 0 Å². The summed E-state index contributed by atoms with van der Waals surface area (Å²) in [4.78, 5) is 26.6. The van der Waals surface area contributed by atoms with E-state index in [9.17, 15) is 14.7 Å². The van der Waals surface area contributed by atoms with Gasteiger partial charge < -0.3 is 14.9 Å². The number of hydrogen-bond acceptors (Lipinski definition) is 3. The number of aliphatic hydroxyl groups is 1. The first kappa shape index (κ1) is 14.0. The second-order valence-electron chi connectivity index (χ2n) is 5.14. The molecule has 1 N–H and O–H groups in total. The van der Waals surface area contributed by atoms with Crippen LogP contribution in [0, 0.1) is 0 Å². The average Bonchev–Trinajstić information content (AvgIpc) is 2.59. The minimum atomic E-state index is -0.902. The number of carbonyl (C=O) groups excluding carboxylic acids is 2. The molecular formula is C12H22N2O3. The number of amides is 2. The molecule has 98 valence electrons. The predicted octanol–water partition coefficient (Wildman–Crippen LogP) is 0.228. The van der Waals surface area contributed by atoms with Gasteiger partial charge in [-0.3, -0.25) is 9.59 Å². The molecule has 5 nitrogen and oxygen atoms in total. The molecular weight excluding hydrogens is 220 g/mol. The van der Waals surface area contributed by atoms with Crippen molar-refractivity contribution in [3.63, 3.8) is 0 Å². The maximum Gasteiger partial charge on any atom is 0.242 e. The van der Waals surface area contributed by atoms with Gasteiger partial charge in [0.2, 0.25) is 11.8 Å². The third kappa shape index (κ3) is 4.34. The van der Waals surface area contributed by atoms with Crippen LogP contribution in [0.4, 0.5) is 0 Å². The summed E-state index contributed by atoms with van der Waals surface area (Å²) < 4.78 is 0. The predicted molar refractivity (Wildman–Crippen MR) is 64.4 cm³/mol. The SMILES string of the molecule is CCN(CC(C)(C)O)C(=O)CN1CCCC1=O. The smallest absolute Gasteiger partial charge is 0.242 e. The minimum absolute atomic E-state index is 0.0534. The van der Waals surface area contributed by atoms with Crippen molar-refractivity contribution in [1.82, 2.24) is 9.80 Å². The van der Waals surface area contributed by atoms with Crippen molar-refractivity contribution < 1.29 is 14.7 Å². The molecule has 0 aromatic rings. The molecule has 1 saturated heterocycles. The molecule has 1 rings (SSSR count). The normalized spacial score (nSPS) is 16.5. The van der Waals surface area contributed by atoms with E-state index >= 15 is 0 Å². The Hall–Kier alpha value is -1.10. The molecule has 5 heteroatoms. The van der Waals surface area contributed by atoms with Crippen LogP contribution in [0.1, 0.15) is 33.6 Å². The summed E-state index contributed by atoms with van der Waals surface area (Å²) in [6.07, 6.45) is 1.38. The van der Waals surface area contributed by atoms with Crippen LogP contribution >= 0.6 is 0 Å². The monoisotopic (exact) mass is 242 g/mol. The molecule has 0 radical (unpaired) electrons. The Balaban J connectivity index is 2.52. The first-order valence-electron chi connectivity index (χ1n) is 6.11. The van der Waals surface area contributed by atoms with Crippen molar-refractivity contribution in [3.05, 3.63) is 0 Å². The van der Waals surface area contributed by atoms with Gasteiger partial charge >= 0.3 is 0 Å². The Morgan fingerprint density at radius 2 is 2.18 bits per heavy atom. The zero-order valence-electron chi connectivity index (χ0n) is 10.9. The molecule has 0 spiro atoms. The van der Waals surface area contributed by atoms with Crippen LogP contribution in [-0.4, -0.2) is 58.5 Å². The number of nitrogens with zero attached hydrogens (tertiary/aromatic N) is 2. The fourth-order valence-corrected chi connectivity index (χ4v) is 1.98. The van der Waals surface area contributed by atoms with E-state index in [0.717, 1.165) is 6.42 Å². The highest BCUT2D eigenvalue weighted by Gasteiger charge is 2.26. The highest BCUT2D eigenvalue weighted by molar-refractivity contribution is 5.85. The molecule has 0 aromatic heterocycles. The van der Waals surface area contributed by atoms with Gasteiger partial charge in [-0.15, -0.1) is 0 Å². The molecule has 0 bridgehead atoms. The molecule has 0 aromatic carbocycles. The first-order valence-corrected chi connectivity index (χ1v) is 6.11. The molecule has 1 fully saturated rings. The van der Waals surface area contributed by atoms with Gasteiger partial charge in [0.25, 0.3) is 0 Å². The van der Waals surface area contributed by atoms with Gasteiger partial charge in [0.15, 0.2) is 0 Å². The Bertz CT molecular complexity index is 297. The van der Waals surface area contributed by atoms with Crippen molar-refractivity contribution in [2.75, 3.05) is 26.2 Å². The molecule has 1 heterocycles. The van der Waals surface area contributed by atoms with E-state index in [-0.39, 0.29) is 18.4 Å². The van der Waals surface area contributed by atoms with E-state index in [4.69, 9.17) is 0 Å². The number of rotatable bonds is 5. The van der Waals surface area contributed by atoms with Crippen LogP contribution < -0.4 is 0 Å². The number of carbonyl (C=O) groups is 2. The summed E-state index contributed by atoms with van der Waals surface area (Å²) in [7, 11) is 0. The van der Waals surface area contributed by atoms with Crippen LogP contribution in [-0.2, 0) is 9.59 Å². The lowest BCUT2D eigenvalue weighted by Gasteiger charge is -2.29. The van der Waals surface area contributed by atoms with Crippen molar-refractivity contribution in [3.8, 4) is 0 Å². The maximum atomic E-state index is 12.0. The lowest BCUT2D eigenvalue weighted by Crippen LogP contribution is -2.46. The van der Waals surface area contributed by atoms with E-state index in [2.05, 4.69) is 0 Å². The van der Waals surface area contributed by atoms with Crippen LogP contribution in [0.2, 0.25) is 0 Å². The minimum Gasteiger partial charge on any atom is -0.389 e.